The molecule has 0 aliphatic carbocycles. The predicted octanol–water partition coefficient (Wildman–Crippen LogP) is 2.51. The quantitative estimate of drug-likeness (QED) is 0.823. The van der Waals surface area contributed by atoms with E-state index < -0.39 is 10.0 Å². The third-order valence-electron chi connectivity index (χ3n) is 2.43. The minimum absolute atomic E-state index is 0.0712. The highest BCUT2D eigenvalue weighted by Gasteiger charge is 2.21. The molecule has 0 amide bonds. The number of nitrogens with one attached hydrogen (secondary N) is 1. The van der Waals surface area contributed by atoms with Crippen molar-refractivity contribution in [1.82, 2.24) is 4.72 Å². The summed E-state index contributed by atoms with van der Waals surface area (Å²) in [7, 11) is -3.62. The highest BCUT2D eigenvalue weighted by Crippen LogP contribution is 2.25. The van der Waals surface area contributed by atoms with Crippen LogP contribution in [0, 0.1) is 0 Å². The molecule has 1 unspecified atom stereocenters. The van der Waals surface area contributed by atoms with Crippen LogP contribution >= 0.6 is 27.5 Å². The minimum Gasteiger partial charge on any atom is -0.329 e. The van der Waals surface area contributed by atoms with Crippen LogP contribution in [-0.4, -0.2) is 21.0 Å². The first-order valence-corrected chi connectivity index (χ1v) is 8.23. The number of benzene rings is 1. The molecule has 3 N–H and O–H groups in total. The maximum atomic E-state index is 12.1. The molecular weight excluding hydrogens is 340 g/mol. The van der Waals surface area contributed by atoms with E-state index in [1.165, 1.54) is 6.07 Å². The second-order valence-electron chi connectivity index (χ2n) is 3.92. The molecule has 0 fully saturated rings. The largest absolute Gasteiger partial charge is 0.329 e. The molecule has 0 saturated heterocycles. The van der Waals surface area contributed by atoms with Gasteiger partial charge < -0.3 is 5.73 Å². The third kappa shape index (κ3) is 4.20. The number of sulfonamides is 1. The van der Waals surface area contributed by atoms with E-state index in [4.69, 9.17) is 17.3 Å². The fraction of sp³-hybridized carbons (Fsp3) is 0.455. The van der Waals surface area contributed by atoms with Crippen LogP contribution in [0.3, 0.4) is 0 Å². The van der Waals surface area contributed by atoms with Crippen LogP contribution in [0.25, 0.3) is 0 Å². The van der Waals surface area contributed by atoms with E-state index in [9.17, 15) is 8.42 Å². The van der Waals surface area contributed by atoms with Gasteiger partial charge in [-0.1, -0.05) is 40.9 Å². The zero-order valence-corrected chi connectivity index (χ0v) is 13.1. The second-order valence-corrected chi connectivity index (χ2v) is 6.92. The van der Waals surface area contributed by atoms with Crippen LogP contribution < -0.4 is 10.5 Å². The van der Waals surface area contributed by atoms with Crippen molar-refractivity contribution in [3.8, 4) is 0 Å². The van der Waals surface area contributed by atoms with E-state index in [-0.39, 0.29) is 22.5 Å². The highest BCUT2D eigenvalue weighted by molar-refractivity contribution is 9.10. The Morgan fingerprint density at radius 2 is 2.17 bits per heavy atom. The molecule has 0 saturated carbocycles. The second kappa shape index (κ2) is 6.86. The maximum absolute atomic E-state index is 12.1. The molecule has 0 radical (unpaired) electrons. The Kier molecular flexibility index (Phi) is 6.07. The third-order valence-corrected chi connectivity index (χ3v) is 4.92. The van der Waals surface area contributed by atoms with Gasteiger partial charge in [-0.3, -0.25) is 0 Å². The SMILES string of the molecule is CCCC(CN)NS(=O)(=O)c1ccc(Br)cc1Cl. The molecule has 0 heterocycles. The highest BCUT2D eigenvalue weighted by atomic mass is 79.9. The molecule has 0 spiro atoms. The molecule has 4 nitrogen and oxygen atoms in total. The lowest BCUT2D eigenvalue weighted by molar-refractivity contribution is 0.527. The summed E-state index contributed by atoms with van der Waals surface area (Å²) in [5.74, 6) is 0. The molecular formula is C11H16BrClN2O2S. The summed E-state index contributed by atoms with van der Waals surface area (Å²) in [6, 6.07) is 4.39. The zero-order chi connectivity index (χ0) is 13.8. The molecule has 102 valence electrons. The number of hydrogen-bond donors (Lipinski definition) is 2. The van der Waals surface area contributed by atoms with Crippen LogP contribution in [0.1, 0.15) is 19.8 Å². The number of rotatable bonds is 6. The van der Waals surface area contributed by atoms with Crippen molar-refractivity contribution in [2.45, 2.75) is 30.7 Å². The molecule has 0 bridgehead atoms. The molecule has 0 aliphatic rings. The topological polar surface area (TPSA) is 72.2 Å². The summed E-state index contributed by atoms with van der Waals surface area (Å²) in [4.78, 5) is 0.0712. The van der Waals surface area contributed by atoms with E-state index in [1.54, 1.807) is 12.1 Å². The fourth-order valence-electron chi connectivity index (χ4n) is 1.55. The Morgan fingerprint density at radius 1 is 1.50 bits per heavy atom. The Morgan fingerprint density at radius 3 is 2.67 bits per heavy atom. The molecule has 0 aromatic heterocycles. The summed E-state index contributed by atoms with van der Waals surface area (Å²) in [6.45, 7) is 2.24. The van der Waals surface area contributed by atoms with E-state index in [0.29, 0.717) is 6.42 Å². The van der Waals surface area contributed by atoms with Gasteiger partial charge in [0.2, 0.25) is 10.0 Å². The van der Waals surface area contributed by atoms with Crippen molar-refractivity contribution in [3.05, 3.63) is 27.7 Å². The maximum Gasteiger partial charge on any atom is 0.242 e. The monoisotopic (exact) mass is 354 g/mol. The van der Waals surface area contributed by atoms with Crippen molar-refractivity contribution in [2.24, 2.45) is 5.73 Å². The fourth-order valence-corrected chi connectivity index (χ4v) is 3.87. The lowest BCUT2D eigenvalue weighted by atomic mass is 10.2. The summed E-state index contributed by atoms with van der Waals surface area (Å²) >= 11 is 9.17. The molecule has 0 aliphatic heterocycles. The Hall–Kier alpha value is -0.140. The normalized spacial score (nSPS) is 13.6. The van der Waals surface area contributed by atoms with Gasteiger partial charge in [0, 0.05) is 17.1 Å². The Labute approximate surface area is 121 Å². The van der Waals surface area contributed by atoms with E-state index in [0.717, 1.165) is 10.9 Å². The number of halogens is 2. The lowest BCUT2D eigenvalue weighted by Crippen LogP contribution is -2.40. The number of hydrogen-bond acceptors (Lipinski definition) is 3. The van der Waals surface area contributed by atoms with Crippen LogP contribution in [0.5, 0.6) is 0 Å². The summed E-state index contributed by atoms with van der Waals surface area (Å²) in [5, 5.41) is 0.184. The minimum atomic E-state index is -3.62. The van der Waals surface area contributed by atoms with E-state index in [1.807, 2.05) is 6.92 Å². The lowest BCUT2D eigenvalue weighted by Gasteiger charge is -2.16. The van der Waals surface area contributed by atoms with Gasteiger partial charge in [-0.15, -0.1) is 0 Å². The van der Waals surface area contributed by atoms with Gasteiger partial charge in [-0.05, 0) is 24.6 Å². The van der Waals surface area contributed by atoms with Crippen molar-refractivity contribution in [1.29, 1.82) is 0 Å². The molecule has 1 aromatic rings. The first-order chi connectivity index (χ1) is 8.40. The van der Waals surface area contributed by atoms with E-state index in [2.05, 4.69) is 20.7 Å². The van der Waals surface area contributed by atoms with Crippen LogP contribution in [0.2, 0.25) is 5.02 Å². The van der Waals surface area contributed by atoms with Gasteiger partial charge >= 0.3 is 0 Å². The van der Waals surface area contributed by atoms with Crippen molar-refractivity contribution < 1.29 is 8.42 Å². The molecule has 1 atom stereocenters. The summed E-state index contributed by atoms with van der Waals surface area (Å²) in [6.07, 6.45) is 1.56. The van der Waals surface area contributed by atoms with Gasteiger partial charge in [0.05, 0.1) is 5.02 Å². The van der Waals surface area contributed by atoms with Gasteiger partial charge in [0.25, 0.3) is 0 Å². The predicted molar refractivity (Wildman–Crippen MR) is 77.2 cm³/mol. The smallest absolute Gasteiger partial charge is 0.242 e. The average molecular weight is 356 g/mol. The summed E-state index contributed by atoms with van der Waals surface area (Å²) < 4.78 is 27.6. The molecule has 7 heteroatoms. The first-order valence-electron chi connectivity index (χ1n) is 5.58. The van der Waals surface area contributed by atoms with Crippen LogP contribution in [-0.2, 0) is 10.0 Å². The first kappa shape index (κ1) is 15.9. The Balaban J connectivity index is 2.99. The molecule has 1 rings (SSSR count). The number of nitrogens with two attached hydrogens (primary N) is 1. The van der Waals surface area contributed by atoms with Gasteiger partial charge in [0.15, 0.2) is 0 Å². The van der Waals surface area contributed by atoms with Gasteiger partial charge in [-0.2, -0.15) is 0 Å². The van der Waals surface area contributed by atoms with Crippen molar-refractivity contribution >= 4 is 37.6 Å². The van der Waals surface area contributed by atoms with Crippen molar-refractivity contribution in [2.75, 3.05) is 6.54 Å². The molecule has 1 aromatic carbocycles. The summed E-state index contributed by atoms with van der Waals surface area (Å²) in [5.41, 5.74) is 5.54. The Bertz CT molecular complexity index is 508. The zero-order valence-electron chi connectivity index (χ0n) is 9.99. The van der Waals surface area contributed by atoms with Gasteiger partial charge in [0.1, 0.15) is 4.90 Å². The van der Waals surface area contributed by atoms with Gasteiger partial charge in [-0.25, -0.2) is 13.1 Å². The van der Waals surface area contributed by atoms with E-state index >= 15 is 0 Å². The van der Waals surface area contributed by atoms with Crippen LogP contribution in [0.4, 0.5) is 0 Å². The van der Waals surface area contributed by atoms with Crippen molar-refractivity contribution in [3.63, 3.8) is 0 Å². The standard InChI is InChI=1S/C11H16BrClN2O2S/c1-2-3-9(7-14)15-18(16,17)11-5-4-8(12)6-10(11)13/h4-6,9,15H,2-3,7,14H2,1H3. The molecule has 18 heavy (non-hydrogen) atoms. The average Bonchev–Trinajstić information content (AvgIpc) is 2.27. The van der Waals surface area contributed by atoms with Crippen LogP contribution in [0.15, 0.2) is 27.6 Å².